The Balaban J connectivity index is 2.58. The molecule has 0 spiro atoms. The Morgan fingerprint density at radius 3 is 2.35 bits per heavy atom. The van der Waals surface area contributed by atoms with E-state index in [0.717, 1.165) is 27.6 Å². The Bertz CT molecular complexity index is 420. The lowest BCUT2D eigenvalue weighted by Gasteiger charge is -2.13. The van der Waals surface area contributed by atoms with E-state index in [1.807, 2.05) is 19.1 Å². The predicted octanol–water partition coefficient (Wildman–Crippen LogP) is 4.95. The molecule has 0 aliphatic heterocycles. The molecule has 0 bridgehead atoms. The highest BCUT2D eigenvalue weighted by Gasteiger charge is 2.27. The lowest BCUT2D eigenvalue weighted by molar-refractivity contribution is -0.0329. The van der Waals surface area contributed by atoms with Crippen LogP contribution in [0.5, 0.6) is 5.75 Å². The Labute approximate surface area is 137 Å². The molecule has 0 radical (unpaired) electrons. The Morgan fingerprint density at radius 1 is 1.25 bits per heavy atom. The number of hydrogen-bond acceptors (Lipinski definition) is 3. The minimum absolute atomic E-state index is 0.00602. The van der Waals surface area contributed by atoms with Crippen molar-refractivity contribution in [1.29, 1.82) is 0 Å². The average Bonchev–Trinajstić information content (AvgIpc) is 2.33. The molecule has 0 amide bonds. The van der Waals surface area contributed by atoms with Crippen molar-refractivity contribution < 1.29 is 17.9 Å². The van der Waals surface area contributed by atoms with E-state index in [1.165, 1.54) is 0 Å². The SMILES string of the molecule is CCNCc1cc(Br)c(OCCSC(F)(F)F)c(Br)c1. The van der Waals surface area contributed by atoms with Gasteiger partial charge in [0.05, 0.1) is 15.6 Å². The fourth-order valence-corrected chi connectivity index (χ4v) is 3.33. The van der Waals surface area contributed by atoms with Gasteiger partial charge in [-0.2, -0.15) is 13.2 Å². The minimum atomic E-state index is -4.21. The van der Waals surface area contributed by atoms with Gasteiger partial charge in [0.2, 0.25) is 0 Å². The first-order chi connectivity index (χ1) is 9.33. The predicted molar refractivity (Wildman–Crippen MR) is 83.2 cm³/mol. The molecule has 0 fully saturated rings. The summed E-state index contributed by atoms with van der Waals surface area (Å²) in [4.78, 5) is 0. The molecule has 0 atom stereocenters. The van der Waals surface area contributed by atoms with E-state index in [1.54, 1.807) is 0 Å². The Hall–Kier alpha value is 0.0800. The van der Waals surface area contributed by atoms with Gasteiger partial charge in [0.15, 0.2) is 0 Å². The third-order valence-electron chi connectivity index (χ3n) is 2.23. The quantitative estimate of drug-likeness (QED) is 0.611. The van der Waals surface area contributed by atoms with Crippen molar-refractivity contribution in [3.8, 4) is 5.75 Å². The lowest BCUT2D eigenvalue weighted by atomic mass is 10.2. The molecule has 8 heteroatoms. The van der Waals surface area contributed by atoms with Gasteiger partial charge in [0.25, 0.3) is 0 Å². The van der Waals surface area contributed by atoms with Crippen molar-refractivity contribution in [2.45, 2.75) is 19.0 Å². The van der Waals surface area contributed by atoms with Crippen LogP contribution < -0.4 is 10.1 Å². The second-order valence-corrected chi connectivity index (χ2v) is 6.68. The van der Waals surface area contributed by atoms with E-state index in [4.69, 9.17) is 4.74 Å². The van der Waals surface area contributed by atoms with Crippen LogP contribution in [-0.2, 0) is 6.54 Å². The third-order valence-corrected chi connectivity index (χ3v) is 4.11. The van der Waals surface area contributed by atoms with Gasteiger partial charge in [-0.15, -0.1) is 0 Å². The van der Waals surface area contributed by atoms with Gasteiger partial charge < -0.3 is 10.1 Å². The fraction of sp³-hybridized carbons (Fsp3) is 0.500. The van der Waals surface area contributed by atoms with E-state index in [9.17, 15) is 13.2 Å². The second-order valence-electron chi connectivity index (χ2n) is 3.81. The first kappa shape index (κ1) is 18.1. The first-order valence-electron chi connectivity index (χ1n) is 5.85. The molecule has 2 nitrogen and oxygen atoms in total. The van der Waals surface area contributed by atoms with Crippen LogP contribution in [0, 0.1) is 0 Å². The van der Waals surface area contributed by atoms with E-state index in [2.05, 4.69) is 37.2 Å². The standard InChI is InChI=1S/C12H14Br2F3NOS/c1-2-18-7-8-5-9(13)11(10(14)6-8)19-3-4-20-12(15,16)17/h5-6,18H,2-4,7H2,1H3. The van der Waals surface area contributed by atoms with Gasteiger partial charge >= 0.3 is 5.51 Å². The monoisotopic (exact) mass is 435 g/mol. The molecule has 1 aromatic rings. The number of hydrogen-bond donors (Lipinski definition) is 1. The smallest absolute Gasteiger partial charge is 0.441 e. The summed E-state index contributed by atoms with van der Waals surface area (Å²) in [6.45, 7) is 3.59. The van der Waals surface area contributed by atoms with Crippen molar-refractivity contribution in [1.82, 2.24) is 5.32 Å². The van der Waals surface area contributed by atoms with Gasteiger partial charge in [-0.25, -0.2) is 0 Å². The zero-order chi connectivity index (χ0) is 15.2. The number of thioether (sulfide) groups is 1. The average molecular weight is 437 g/mol. The Morgan fingerprint density at radius 2 is 1.85 bits per heavy atom. The molecule has 0 saturated heterocycles. The summed E-state index contributed by atoms with van der Waals surface area (Å²) in [7, 11) is 0. The number of halogens is 5. The van der Waals surface area contributed by atoms with Crippen LogP contribution >= 0.6 is 43.6 Å². The molecule has 20 heavy (non-hydrogen) atoms. The summed E-state index contributed by atoms with van der Waals surface area (Å²) in [5.41, 5.74) is -3.16. The lowest BCUT2D eigenvalue weighted by Crippen LogP contribution is -2.12. The molecule has 0 unspecified atom stereocenters. The van der Waals surface area contributed by atoms with Crippen LogP contribution in [0.1, 0.15) is 12.5 Å². The zero-order valence-electron chi connectivity index (χ0n) is 10.7. The molecule has 0 aromatic heterocycles. The normalized spacial score (nSPS) is 11.7. The number of benzene rings is 1. The van der Waals surface area contributed by atoms with Crippen molar-refractivity contribution in [3.63, 3.8) is 0 Å². The molecule has 1 N–H and O–H groups in total. The van der Waals surface area contributed by atoms with E-state index in [0.29, 0.717) is 5.75 Å². The van der Waals surface area contributed by atoms with Crippen LogP contribution in [0.25, 0.3) is 0 Å². The summed E-state index contributed by atoms with van der Waals surface area (Å²) in [6.07, 6.45) is 0. The first-order valence-corrected chi connectivity index (χ1v) is 8.42. The van der Waals surface area contributed by atoms with Gasteiger partial charge in [-0.05, 0) is 67.9 Å². The maximum Gasteiger partial charge on any atom is 0.441 e. The molecule has 1 rings (SSSR count). The largest absolute Gasteiger partial charge is 0.490 e. The summed E-state index contributed by atoms with van der Waals surface area (Å²) >= 11 is 6.65. The molecule has 114 valence electrons. The topological polar surface area (TPSA) is 21.3 Å². The Kier molecular flexibility index (Phi) is 7.71. The van der Waals surface area contributed by atoms with Crippen molar-refractivity contribution in [2.24, 2.45) is 0 Å². The van der Waals surface area contributed by atoms with Crippen LogP contribution in [0.15, 0.2) is 21.1 Å². The van der Waals surface area contributed by atoms with Crippen LogP contribution in [-0.4, -0.2) is 24.4 Å². The highest BCUT2D eigenvalue weighted by atomic mass is 79.9. The minimum Gasteiger partial charge on any atom is -0.490 e. The molecule has 0 saturated carbocycles. The van der Waals surface area contributed by atoms with Gasteiger partial charge in [0.1, 0.15) is 5.75 Å². The van der Waals surface area contributed by atoms with Crippen LogP contribution in [0.4, 0.5) is 13.2 Å². The van der Waals surface area contributed by atoms with Crippen LogP contribution in [0.3, 0.4) is 0 Å². The molecule has 0 heterocycles. The van der Waals surface area contributed by atoms with Crippen LogP contribution in [0.2, 0.25) is 0 Å². The fourth-order valence-electron chi connectivity index (χ4n) is 1.42. The summed E-state index contributed by atoms with van der Waals surface area (Å²) in [6, 6.07) is 3.78. The number of ether oxygens (including phenoxy) is 1. The number of rotatable bonds is 7. The molecule has 0 aliphatic carbocycles. The van der Waals surface area contributed by atoms with Crippen molar-refractivity contribution in [3.05, 3.63) is 26.6 Å². The molecule has 0 aliphatic rings. The summed E-state index contributed by atoms with van der Waals surface area (Å²) in [5, 5.41) is 3.20. The maximum atomic E-state index is 12.0. The molecular weight excluding hydrogens is 423 g/mol. The number of nitrogens with one attached hydrogen (secondary N) is 1. The second kappa shape index (κ2) is 8.51. The van der Waals surface area contributed by atoms with Crippen molar-refractivity contribution in [2.75, 3.05) is 18.9 Å². The van der Waals surface area contributed by atoms with E-state index >= 15 is 0 Å². The highest BCUT2D eigenvalue weighted by Crippen LogP contribution is 2.35. The van der Waals surface area contributed by atoms with E-state index < -0.39 is 5.51 Å². The maximum absolute atomic E-state index is 12.0. The van der Waals surface area contributed by atoms with Gasteiger partial charge in [-0.3, -0.25) is 0 Å². The molecular formula is C12H14Br2F3NOS. The summed E-state index contributed by atoms with van der Waals surface area (Å²) in [5.74, 6) is 0.384. The summed E-state index contributed by atoms with van der Waals surface area (Å²) < 4.78 is 42.8. The third kappa shape index (κ3) is 6.69. The van der Waals surface area contributed by atoms with Gasteiger partial charge in [-0.1, -0.05) is 6.92 Å². The van der Waals surface area contributed by atoms with E-state index in [-0.39, 0.29) is 24.1 Å². The van der Waals surface area contributed by atoms with Gasteiger partial charge in [0, 0.05) is 12.3 Å². The number of alkyl halides is 3. The molecule has 1 aromatic carbocycles. The zero-order valence-corrected chi connectivity index (χ0v) is 14.7. The van der Waals surface area contributed by atoms with Crippen molar-refractivity contribution >= 4 is 43.6 Å². The highest BCUT2D eigenvalue weighted by molar-refractivity contribution is 9.11.